The number of esters is 1. The van der Waals surface area contributed by atoms with E-state index in [0.29, 0.717) is 16.3 Å². The van der Waals surface area contributed by atoms with Crippen molar-refractivity contribution in [2.45, 2.75) is 32.2 Å². The van der Waals surface area contributed by atoms with Crippen molar-refractivity contribution in [1.82, 2.24) is 9.55 Å². The van der Waals surface area contributed by atoms with Gasteiger partial charge in [-0.2, -0.15) is 13.2 Å². The zero-order valence-corrected chi connectivity index (χ0v) is 17.6. The van der Waals surface area contributed by atoms with Gasteiger partial charge in [-0.15, -0.1) is 11.3 Å². The molecular formula is C19H15F3N4O6S. The lowest BCUT2D eigenvalue weighted by Gasteiger charge is -2.17. The Labute approximate surface area is 186 Å². The van der Waals surface area contributed by atoms with E-state index in [1.54, 1.807) is 11.4 Å². The molecule has 10 nitrogen and oxygen atoms in total. The number of aromatic nitrogens is 2. The Morgan fingerprint density at radius 3 is 2.73 bits per heavy atom. The van der Waals surface area contributed by atoms with Gasteiger partial charge in [0.2, 0.25) is 0 Å². The molecular weight excluding hydrogens is 469 g/mol. The number of carbonyl (C=O) groups is 2. The first-order valence-electron chi connectivity index (χ1n) is 9.26. The van der Waals surface area contributed by atoms with Crippen LogP contribution in [0.15, 0.2) is 40.8 Å². The highest BCUT2D eigenvalue weighted by Gasteiger charge is 2.36. The number of ether oxygens (including phenoxy) is 1. The largest absolute Gasteiger partial charge is 0.452 e. The van der Waals surface area contributed by atoms with E-state index in [2.05, 4.69) is 4.98 Å². The molecule has 1 atom stereocenters. The third-order valence-corrected chi connectivity index (χ3v) is 5.28. The van der Waals surface area contributed by atoms with Crippen LogP contribution in [0.4, 0.5) is 24.5 Å². The summed E-state index contributed by atoms with van der Waals surface area (Å²) in [6, 6.07) is 3.44. The molecule has 14 heteroatoms. The first kappa shape index (κ1) is 23.8. The minimum Gasteiger partial charge on any atom is -0.452 e. The Kier molecular flexibility index (Phi) is 6.76. The van der Waals surface area contributed by atoms with Crippen LogP contribution in [0.25, 0.3) is 10.2 Å². The topological polar surface area (TPSA) is 133 Å². The number of benzene rings is 1. The van der Waals surface area contributed by atoms with Crippen LogP contribution in [-0.4, -0.2) is 32.5 Å². The SMILES string of the molecule is CC(OC(=O)CCn1cnc2sccc2c1=O)C(=O)Nc1ccc([N+](=O)[O-])cc1C(F)(F)F. The lowest BCUT2D eigenvalue weighted by Crippen LogP contribution is -2.31. The summed E-state index contributed by atoms with van der Waals surface area (Å²) in [6.07, 6.45) is -5.46. The quantitative estimate of drug-likeness (QED) is 0.309. The molecule has 3 aromatic rings. The Morgan fingerprint density at radius 1 is 1.33 bits per heavy atom. The Hall–Kier alpha value is -3.81. The molecule has 0 fully saturated rings. The second kappa shape index (κ2) is 9.36. The molecule has 33 heavy (non-hydrogen) atoms. The number of rotatable bonds is 7. The maximum atomic E-state index is 13.2. The average molecular weight is 484 g/mol. The van der Waals surface area contributed by atoms with Gasteiger partial charge in [-0.3, -0.25) is 29.1 Å². The van der Waals surface area contributed by atoms with Gasteiger partial charge in [-0.05, 0) is 24.4 Å². The van der Waals surface area contributed by atoms with Crippen LogP contribution in [0.1, 0.15) is 18.9 Å². The number of fused-ring (bicyclic) bond motifs is 1. The van der Waals surface area contributed by atoms with Gasteiger partial charge in [0.25, 0.3) is 17.2 Å². The number of thiophene rings is 1. The van der Waals surface area contributed by atoms with Crippen molar-refractivity contribution in [1.29, 1.82) is 0 Å². The highest BCUT2D eigenvalue weighted by Crippen LogP contribution is 2.37. The molecule has 0 aliphatic heterocycles. The molecule has 0 aliphatic carbocycles. The maximum absolute atomic E-state index is 13.2. The first-order chi connectivity index (χ1) is 15.5. The summed E-state index contributed by atoms with van der Waals surface area (Å²) in [6.45, 7) is 1.07. The van der Waals surface area contributed by atoms with Gasteiger partial charge in [0.05, 0.1) is 34.3 Å². The summed E-state index contributed by atoms with van der Waals surface area (Å²) in [5, 5.41) is 14.8. The minimum atomic E-state index is -4.97. The number of alkyl halides is 3. The molecule has 0 saturated carbocycles. The number of non-ortho nitro benzene ring substituents is 1. The third kappa shape index (κ3) is 5.52. The molecule has 0 aliphatic rings. The second-order valence-corrected chi connectivity index (χ2v) is 7.63. The fraction of sp³-hybridized carbons (Fsp3) is 0.263. The van der Waals surface area contributed by atoms with Crippen molar-refractivity contribution < 1.29 is 32.4 Å². The number of amides is 1. The van der Waals surface area contributed by atoms with E-state index in [4.69, 9.17) is 4.74 Å². The Balaban J connectivity index is 1.63. The molecule has 1 unspecified atom stereocenters. The van der Waals surface area contributed by atoms with Gasteiger partial charge in [-0.1, -0.05) is 0 Å². The molecule has 0 bridgehead atoms. The van der Waals surface area contributed by atoms with Crippen molar-refractivity contribution in [3.63, 3.8) is 0 Å². The van der Waals surface area contributed by atoms with E-state index in [1.807, 2.05) is 5.32 Å². The maximum Gasteiger partial charge on any atom is 0.418 e. The fourth-order valence-corrected chi connectivity index (χ4v) is 3.52. The van der Waals surface area contributed by atoms with Crippen molar-refractivity contribution in [3.05, 3.63) is 62.0 Å². The normalized spacial score (nSPS) is 12.4. The molecule has 1 N–H and O–H groups in total. The van der Waals surface area contributed by atoms with Gasteiger partial charge in [-0.25, -0.2) is 4.98 Å². The Bertz CT molecular complexity index is 1290. The monoisotopic (exact) mass is 484 g/mol. The zero-order chi connectivity index (χ0) is 24.3. The minimum absolute atomic E-state index is 0.0780. The standard InChI is InChI=1S/C19H15F3N4O6S/c1-10(16(28)24-14-3-2-11(26(30)31)8-13(14)19(20,21)22)32-15(27)4-6-25-9-23-17-12(18(25)29)5-7-33-17/h2-3,5,7-10H,4,6H2,1H3,(H,24,28). The summed E-state index contributed by atoms with van der Waals surface area (Å²) in [4.78, 5) is 51.0. The van der Waals surface area contributed by atoms with Gasteiger partial charge in [0.15, 0.2) is 6.10 Å². The zero-order valence-electron chi connectivity index (χ0n) is 16.8. The average Bonchev–Trinajstić information content (AvgIpc) is 3.22. The van der Waals surface area contributed by atoms with Gasteiger partial charge < -0.3 is 10.1 Å². The molecule has 2 aromatic heterocycles. The molecule has 3 rings (SSSR count). The fourth-order valence-electron chi connectivity index (χ4n) is 2.80. The van der Waals surface area contributed by atoms with Crippen LogP contribution in [-0.2, 0) is 27.0 Å². The number of carbonyl (C=O) groups excluding carboxylic acids is 2. The van der Waals surface area contributed by atoms with Crippen LogP contribution in [0.5, 0.6) is 0 Å². The second-order valence-electron chi connectivity index (χ2n) is 6.74. The first-order valence-corrected chi connectivity index (χ1v) is 10.1. The highest BCUT2D eigenvalue weighted by molar-refractivity contribution is 7.16. The summed E-state index contributed by atoms with van der Waals surface area (Å²) in [5.74, 6) is -1.93. The van der Waals surface area contributed by atoms with Crippen molar-refractivity contribution in [2.24, 2.45) is 0 Å². The number of nitrogens with zero attached hydrogens (tertiary/aromatic N) is 3. The lowest BCUT2D eigenvalue weighted by atomic mass is 10.1. The predicted molar refractivity (Wildman–Crippen MR) is 111 cm³/mol. The number of hydrogen-bond acceptors (Lipinski definition) is 8. The number of nitrogens with one attached hydrogen (secondary N) is 1. The number of nitro benzene ring substituents is 1. The van der Waals surface area contributed by atoms with Crippen LogP contribution in [0, 0.1) is 10.1 Å². The number of nitro groups is 1. The molecule has 1 aromatic carbocycles. The number of anilines is 1. The van der Waals surface area contributed by atoms with Crippen LogP contribution < -0.4 is 10.9 Å². The van der Waals surface area contributed by atoms with E-state index in [-0.39, 0.29) is 18.5 Å². The molecule has 174 valence electrons. The molecule has 0 spiro atoms. The van der Waals surface area contributed by atoms with E-state index < -0.39 is 46.0 Å². The summed E-state index contributed by atoms with van der Waals surface area (Å²) in [5.41, 5.74) is -3.29. The highest BCUT2D eigenvalue weighted by atomic mass is 32.1. The van der Waals surface area contributed by atoms with Gasteiger partial charge in [0, 0.05) is 18.7 Å². The molecule has 1 amide bonds. The lowest BCUT2D eigenvalue weighted by molar-refractivity contribution is -0.385. The van der Waals surface area contributed by atoms with E-state index in [0.717, 1.165) is 19.1 Å². The van der Waals surface area contributed by atoms with Crippen molar-refractivity contribution in [2.75, 3.05) is 5.32 Å². The third-order valence-electron chi connectivity index (χ3n) is 4.46. The van der Waals surface area contributed by atoms with Crippen LogP contribution >= 0.6 is 11.3 Å². The predicted octanol–water partition coefficient (Wildman–Crippen LogP) is 3.35. The molecule has 0 radical (unpaired) electrons. The van der Waals surface area contributed by atoms with E-state index in [9.17, 15) is 37.7 Å². The van der Waals surface area contributed by atoms with E-state index >= 15 is 0 Å². The van der Waals surface area contributed by atoms with Crippen molar-refractivity contribution in [3.8, 4) is 0 Å². The van der Waals surface area contributed by atoms with Gasteiger partial charge >= 0.3 is 12.1 Å². The summed E-state index contributed by atoms with van der Waals surface area (Å²) < 4.78 is 45.8. The number of hydrogen-bond donors (Lipinski definition) is 1. The summed E-state index contributed by atoms with van der Waals surface area (Å²) >= 11 is 1.29. The van der Waals surface area contributed by atoms with Crippen molar-refractivity contribution >= 4 is 44.8 Å². The Morgan fingerprint density at radius 2 is 2.06 bits per heavy atom. The number of halogens is 3. The van der Waals surface area contributed by atoms with Crippen LogP contribution in [0.2, 0.25) is 0 Å². The number of aryl methyl sites for hydroxylation is 1. The van der Waals surface area contributed by atoms with Crippen LogP contribution in [0.3, 0.4) is 0 Å². The smallest absolute Gasteiger partial charge is 0.418 e. The molecule has 2 heterocycles. The molecule has 0 saturated heterocycles. The van der Waals surface area contributed by atoms with Gasteiger partial charge in [0.1, 0.15) is 4.83 Å². The summed E-state index contributed by atoms with van der Waals surface area (Å²) in [7, 11) is 0. The van der Waals surface area contributed by atoms with E-state index in [1.165, 1.54) is 22.2 Å².